The van der Waals surface area contributed by atoms with E-state index in [-0.39, 0.29) is 31.2 Å². The van der Waals surface area contributed by atoms with Gasteiger partial charge in [-0.05, 0) is 18.2 Å². The standard InChI is InChI=1S/C11H13ClF3N3O2S/c12-9-5-8(11(13,14)15)6-10(7-9)17-1-3-18(4-2-17)21(16,19)20/h5-7H,1-4H2,(H2,16,19,20). The van der Waals surface area contributed by atoms with Gasteiger partial charge in [0.25, 0.3) is 10.2 Å². The second-order valence-electron chi connectivity index (χ2n) is 4.63. The Morgan fingerprint density at radius 3 is 2.14 bits per heavy atom. The minimum absolute atomic E-state index is 0.0197. The smallest absolute Gasteiger partial charge is 0.369 e. The molecule has 2 N–H and O–H groups in total. The van der Waals surface area contributed by atoms with Gasteiger partial charge < -0.3 is 4.90 Å². The average Bonchev–Trinajstić information content (AvgIpc) is 2.36. The minimum Gasteiger partial charge on any atom is -0.369 e. The fourth-order valence-electron chi connectivity index (χ4n) is 2.12. The van der Waals surface area contributed by atoms with Crippen LogP contribution in [0.3, 0.4) is 0 Å². The average molecular weight is 344 g/mol. The van der Waals surface area contributed by atoms with Crippen LogP contribution in [0, 0.1) is 0 Å². The molecule has 0 aliphatic carbocycles. The van der Waals surface area contributed by atoms with Crippen molar-refractivity contribution in [1.29, 1.82) is 0 Å². The van der Waals surface area contributed by atoms with Crippen LogP contribution in [0.2, 0.25) is 5.02 Å². The van der Waals surface area contributed by atoms with E-state index in [1.54, 1.807) is 4.90 Å². The maximum atomic E-state index is 12.8. The number of benzene rings is 1. The van der Waals surface area contributed by atoms with Crippen LogP contribution in [0.15, 0.2) is 18.2 Å². The summed E-state index contributed by atoms with van der Waals surface area (Å²) >= 11 is 5.72. The summed E-state index contributed by atoms with van der Waals surface area (Å²) in [4.78, 5) is 1.64. The number of hydrogen-bond donors (Lipinski definition) is 1. The highest BCUT2D eigenvalue weighted by Crippen LogP contribution is 2.34. The van der Waals surface area contributed by atoms with Gasteiger partial charge in [0.15, 0.2) is 0 Å². The molecule has 1 heterocycles. The van der Waals surface area contributed by atoms with Crippen molar-refractivity contribution in [3.05, 3.63) is 28.8 Å². The SMILES string of the molecule is NS(=O)(=O)N1CCN(c2cc(Cl)cc(C(F)(F)F)c2)CC1. The molecule has 10 heteroatoms. The molecule has 0 unspecified atom stereocenters. The monoisotopic (exact) mass is 343 g/mol. The molecule has 0 spiro atoms. The van der Waals surface area contributed by atoms with Crippen LogP contribution in [0.4, 0.5) is 18.9 Å². The molecule has 1 fully saturated rings. The number of hydrogen-bond acceptors (Lipinski definition) is 3. The highest BCUT2D eigenvalue weighted by molar-refractivity contribution is 7.86. The summed E-state index contributed by atoms with van der Waals surface area (Å²) in [7, 11) is -3.77. The Balaban J connectivity index is 2.19. The van der Waals surface area contributed by atoms with Crippen molar-refractivity contribution in [2.75, 3.05) is 31.1 Å². The van der Waals surface area contributed by atoms with E-state index in [1.807, 2.05) is 0 Å². The summed E-state index contributed by atoms with van der Waals surface area (Å²) in [6, 6.07) is 3.27. The van der Waals surface area contributed by atoms with E-state index >= 15 is 0 Å². The second kappa shape index (κ2) is 5.64. The van der Waals surface area contributed by atoms with Gasteiger partial charge in [-0.2, -0.15) is 25.9 Å². The first-order valence-corrected chi connectivity index (χ1v) is 7.86. The number of anilines is 1. The molecular formula is C11H13ClF3N3O2S. The molecule has 1 aliphatic heterocycles. The van der Waals surface area contributed by atoms with Crippen molar-refractivity contribution in [2.24, 2.45) is 5.14 Å². The van der Waals surface area contributed by atoms with E-state index in [4.69, 9.17) is 16.7 Å². The quantitative estimate of drug-likeness (QED) is 0.888. The van der Waals surface area contributed by atoms with Crippen molar-refractivity contribution in [2.45, 2.75) is 6.18 Å². The normalized spacial score (nSPS) is 18.0. The summed E-state index contributed by atoms with van der Waals surface area (Å²) < 4.78 is 61.7. The zero-order valence-electron chi connectivity index (χ0n) is 10.8. The molecule has 1 aromatic rings. The zero-order valence-corrected chi connectivity index (χ0v) is 12.3. The van der Waals surface area contributed by atoms with Crippen molar-refractivity contribution in [3.63, 3.8) is 0 Å². The lowest BCUT2D eigenvalue weighted by Crippen LogP contribution is -2.50. The molecule has 1 aromatic carbocycles. The van der Waals surface area contributed by atoms with Crippen LogP contribution < -0.4 is 10.0 Å². The lowest BCUT2D eigenvalue weighted by atomic mass is 10.1. The summed E-state index contributed by atoms with van der Waals surface area (Å²) in [5.74, 6) is 0. The molecule has 0 amide bonds. The van der Waals surface area contributed by atoms with Crippen LogP contribution in [0.5, 0.6) is 0 Å². The second-order valence-corrected chi connectivity index (χ2v) is 6.61. The van der Waals surface area contributed by atoms with E-state index in [0.717, 1.165) is 16.4 Å². The predicted octanol–water partition coefficient (Wildman–Crippen LogP) is 1.68. The Morgan fingerprint density at radius 2 is 1.67 bits per heavy atom. The number of alkyl halides is 3. The molecule has 1 saturated heterocycles. The Hall–Kier alpha value is -1.03. The van der Waals surface area contributed by atoms with Crippen LogP contribution in [-0.2, 0) is 16.4 Å². The van der Waals surface area contributed by atoms with E-state index in [9.17, 15) is 21.6 Å². The minimum atomic E-state index is -4.48. The number of nitrogens with two attached hydrogens (primary N) is 1. The Bertz CT molecular complexity index is 628. The van der Waals surface area contributed by atoms with E-state index in [2.05, 4.69) is 0 Å². The Labute approximate surface area is 125 Å². The third kappa shape index (κ3) is 4.00. The molecule has 0 saturated carbocycles. The fourth-order valence-corrected chi connectivity index (χ4v) is 3.02. The Kier molecular flexibility index (Phi) is 4.39. The predicted molar refractivity (Wildman–Crippen MR) is 73.3 cm³/mol. The topological polar surface area (TPSA) is 66.6 Å². The maximum Gasteiger partial charge on any atom is 0.416 e. The number of nitrogens with zero attached hydrogens (tertiary/aromatic N) is 2. The van der Waals surface area contributed by atoms with Gasteiger partial charge in [0, 0.05) is 36.9 Å². The lowest BCUT2D eigenvalue weighted by Gasteiger charge is -2.34. The third-order valence-corrected chi connectivity index (χ3v) is 4.48. The molecule has 5 nitrogen and oxygen atoms in total. The van der Waals surface area contributed by atoms with Gasteiger partial charge in [-0.15, -0.1) is 0 Å². The molecule has 0 radical (unpaired) electrons. The van der Waals surface area contributed by atoms with Crippen molar-refractivity contribution in [1.82, 2.24) is 4.31 Å². The van der Waals surface area contributed by atoms with Crippen LogP contribution >= 0.6 is 11.6 Å². The molecule has 0 atom stereocenters. The van der Waals surface area contributed by atoms with Crippen molar-refractivity contribution >= 4 is 27.5 Å². The molecule has 0 bridgehead atoms. The number of halogens is 4. The summed E-state index contributed by atoms with van der Waals surface area (Å²) in [5, 5.41) is 4.99. The molecule has 21 heavy (non-hydrogen) atoms. The van der Waals surface area contributed by atoms with Gasteiger partial charge >= 0.3 is 6.18 Å². The summed E-state index contributed by atoms with van der Waals surface area (Å²) in [6.07, 6.45) is -4.48. The number of rotatable bonds is 2. The lowest BCUT2D eigenvalue weighted by molar-refractivity contribution is -0.137. The summed E-state index contributed by atoms with van der Waals surface area (Å²) in [6.45, 7) is 0.724. The van der Waals surface area contributed by atoms with Crippen molar-refractivity contribution in [3.8, 4) is 0 Å². The fraction of sp³-hybridized carbons (Fsp3) is 0.455. The van der Waals surface area contributed by atoms with Gasteiger partial charge in [-0.25, -0.2) is 5.14 Å². The third-order valence-electron chi connectivity index (χ3n) is 3.17. The zero-order chi connectivity index (χ0) is 15.8. The molecule has 1 aliphatic rings. The van der Waals surface area contributed by atoms with Crippen LogP contribution in [0.25, 0.3) is 0 Å². The maximum absolute atomic E-state index is 12.8. The molecule has 2 rings (SSSR count). The van der Waals surface area contributed by atoms with Crippen LogP contribution in [0.1, 0.15) is 5.56 Å². The highest BCUT2D eigenvalue weighted by Gasteiger charge is 2.32. The first kappa shape index (κ1) is 16.3. The van der Waals surface area contributed by atoms with Gasteiger partial charge in [0.1, 0.15) is 0 Å². The van der Waals surface area contributed by atoms with Gasteiger partial charge in [-0.1, -0.05) is 11.6 Å². The van der Waals surface area contributed by atoms with E-state index in [1.165, 1.54) is 6.07 Å². The molecular weight excluding hydrogens is 331 g/mol. The van der Waals surface area contributed by atoms with Gasteiger partial charge in [0.2, 0.25) is 0 Å². The molecule has 0 aromatic heterocycles. The van der Waals surface area contributed by atoms with Gasteiger partial charge in [0.05, 0.1) is 5.56 Å². The molecule has 118 valence electrons. The highest BCUT2D eigenvalue weighted by atomic mass is 35.5. The largest absolute Gasteiger partial charge is 0.416 e. The van der Waals surface area contributed by atoms with E-state index < -0.39 is 21.9 Å². The first-order chi connectivity index (χ1) is 9.57. The Morgan fingerprint density at radius 1 is 1.10 bits per heavy atom. The number of piperazine rings is 1. The summed E-state index contributed by atoms with van der Waals surface area (Å²) in [5.41, 5.74) is -0.525. The van der Waals surface area contributed by atoms with Crippen LogP contribution in [-0.4, -0.2) is 38.9 Å². The van der Waals surface area contributed by atoms with Gasteiger partial charge in [-0.3, -0.25) is 0 Å². The first-order valence-electron chi connectivity index (χ1n) is 5.98. The van der Waals surface area contributed by atoms with E-state index in [0.29, 0.717) is 5.69 Å². The van der Waals surface area contributed by atoms with Crippen molar-refractivity contribution < 1.29 is 21.6 Å².